The second-order valence-electron chi connectivity index (χ2n) is 4.82. The van der Waals surface area contributed by atoms with Crippen molar-refractivity contribution in [2.75, 3.05) is 13.1 Å². The second kappa shape index (κ2) is 6.65. The van der Waals surface area contributed by atoms with Crippen LogP contribution in [0.15, 0.2) is 24.3 Å². The number of fused-ring (bicyclic) bond motifs is 1. The fourth-order valence-electron chi connectivity index (χ4n) is 2.31. The summed E-state index contributed by atoms with van der Waals surface area (Å²) < 4.78 is 5.87. The maximum Gasteiger partial charge on any atom is 0.123 e. The summed E-state index contributed by atoms with van der Waals surface area (Å²) in [7, 11) is 0. The molecule has 0 radical (unpaired) electrons. The van der Waals surface area contributed by atoms with E-state index in [9.17, 15) is 0 Å². The van der Waals surface area contributed by atoms with Gasteiger partial charge in [-0.25, -0.2) is 0 Å². The van der Waals surface area contributed by atoms with E-state index in [2.05, 4.69) is 30.4 Å². The van der Waals surface area contributed by atoms with Crippen LogP contribution in [-0.2, 0) is 6.42 Å². The maximum absolute atomic E-state index is 5.87. The Labute approximate surface area is 104 Å². The molecule has 0 saturated carbocycles. The Hall–Kier alpha value is -1.02. The van der Waals surface area contributed by atoms with Crippen molar-refractivity contribution in [2.24, 2.45) is 0 Å². The first-order valence-electron chi connectivity index (χ1n) is 6.85. The smallest absolute Gasteiger partial charge is 0.123 e. The summed E-state index contributed by atoms with van der Waals surface area (Å²) in [5.74, 6) is 1.07. The Balaban J connectivity index is 1.60. The third-order valence-electron chi connectivity index (χ3n) is 3.29. The summed E-state index contributed by atoms with van der Waals surface area (Å²) in [4.78, 5) is 0. The van der Waals surface area contributed by atoms with Gasteiger partial charge in [0, 0.05) is 13.0 Å². The molecule has 1 unspecified atom stereocenters. The van der Waals surface area contributed by atoms with E-state index in [4.69, 9.17) is 4.74 Å². The molecule has 1 heterocycles. The van der Waals surface area contributed by atoms with Crippen molar-refractivity contribution in [1.82, 2.24) is 5.32 Å². The molecule has 1 atom stereocenters. The minimum absolute atomic E-state index is 0.332. The van der Waals surface area contributed by atoms with E-state index in [1.165, 1.54) is 31.2 Å². The predicted octanol–water partition coefficient (Wildman–Crippen LogP) is 3.16. The minimum Gasteiger partial charge on any atom is -0.488 e. The molecule has 0 amide bonds. The number of para-hydroxylation sites is 1. The van der Waals surface area contributed by atoms with Crippen LogP contribution in [0, 0.1) is 0 Å². The van der Waals surface area contributed by atoms with E-state index in [1.807, 2.05) is 6.07 Å². The highest BCUT2D eigenvalue weighted by atomic mass is 16.5. The second-order valence-corrected chi connectivity index (χ2v) is 4.82. The SMILES string of the molecule is CCCCCCNCC1Cc2ccccc2O1. The van der Waals surface area contributed by atoms with Gasteiger partial charge in [0.2, 0.25) is 0 Å². The molecule has 0 fully saturated rings. The fourth-order valence-corrected chi connectivity index (χ4v) is 2.31. The molecule has 1 aliphatic heterocycles. The number of hydrogen-bond donors (Lipinski definition) is 1. The zero-order chi connectivity index (χ0) is 11.9. The molecule has 2 rings (SSSR count). The third kappa shape index (κ3) is 3.74. The molecule has 0 aromatic heterocycles. The predicted molar refractivity (Wildman–Crippen MR) is 71.6 cm³/mol. The zero-order valence-corrected chi connectivity index (χ0v) is 10.7. The van der Waals surface area contributed by atoms with Gasteiger partial charge in [-0.3, -0.25) is 0 Å². The van der Waals surface area contributed by atoms with E-state index < -0.39 is 0 Å². The lowest BCUT2D eigenvalue weighted by atomic mass is 10.1. The van der Waals surface area contributed by atoms with Crippen LogP contribution in [-0.4, -0.2) is 19.2 Å². The highest BCUT2D eigenvalue weighted by Gasteiger charge is 2.21. The largest absolute Gasteiger partial charge is 0.488 e. The summed E-state index contributed by atoms with van der Waals surface area (Å²) >= 11 is 0. The normalized spacial score (nSPS) is 17.8. The van der Waals surface area contributed by atoms with Crippen molar-refractivity contribution >= 4 is 0 Å². The van der Waals surface area contributed by atoms with Crippen molar-refractivity contribution in [3.8, 4) is 5.75 Å². The number of unbranched alkanes of at least 4 members (excludes halogenated alkanes) is 3. The first kappa shape index (κ1) is 12.4. The topological polar surface area (TPSA) is 21.3 Å². The molecule has 0 aliphatic carbocycles. The average molecular weight is 233 g/mol. The van der Waals surface area contributed by atoms with Gasteiger partial charge in [-0.05, 0) is 24.6 Å². The van der Waals surface area contributed by atoms with Crippen LogP contribution in [0.2, 0.25) is 0 Å². The van der Waals surface area contributed by atoms with Crippen LogP contribution in [0.5, 0.6) is 5.75 Å². The highest BCUT2D eigenvalue weighted by molar-refractivity contribution is 5.37. The standard InChI is InChI=1S/C15H23NO/c1-2-3-4-7-10-16-12-14-11-13-8-5-6-9-15(13)17-14/h5-6,8-9,14,16H,2-4,7,10-12H2,1H3. The third-order valence-corrected chi connectivity index (χ3v) is 3.29. The van der Waals surface area contributed by atoms with Gasteiger partial charge in [0.15, 0.2) is 0 Å². The molecule has 0 bridgehead atoms. The number of ether oxygens (including phenoxy) is 1. The Morgan fingerprint density at radius 3 is 2.94 bits per heavy atom. The van der Waals surface area contributed by atoms with Gasteiger partial charge in [0.25, 0.3) is 0 Å². The van der Waals surface area contributed by atoms with Gasteiger partial charge < -0.3 is 10.1 Å². The van der Waals surface area contributed by atoms with Crippen molar-refractivity contribution in [3.63, 3.8) is 0 Å². The molecule has 17 heavy (non-hydrogen) atoms. The summed E-state index contributed by atoms with van der Waals surface area (Å²) in [6.45, 7) is 4.34. The van der Waals surface area contributed by atoms with Crippen molar-refractivity contribution < 1.29 is 4.74 Å². The van der Waals surface area contributed by atoms with Gasteiger partial charge >= 0.3 is 0 Å². The van der Waals surface area contributed by atoms with Crippen LogP contribution in [0.25, 0.3) is 0 Å². The lowest BCUT2D eigenvalue weighted by molar-refractivity contribution is 0.227. The Morgan fingerprint density at radius 2 is 2.12 bits per heavy atom. The van der Waals surface area contributed by atoms with E-state index in [-0.39, 0.29) is 0 Å². The van der Waals surface area contributed by atoms with Crippen LogP contribution in [0.1, 0.15) is 38.2 Å². The van der Waals surface area contributed by atoms with Gasteiger partial charge in [-0.2, -0.15) is 0 Å². The lowest BCUT2D eigenvalue weighted by Gasteiger charge is -2.11. The molecule has 2 heteroatoms. The van der Waals surface area contributed by atoms with Gasteiger partial charge in [0.05, 0.1) is 0 Å². The molecular weight excluding hydrogens is 210 g/mol. The van der Waals surface area contributed by atoms with Gasteiger partial charge in [0.1, 0.15) is 11.9 Å². The van der Waals surface area contributed by atoms with Gasteiger partial charge in [-0.1, -0.05) is 44.4 Å². The maximum atomic E-state index is 5.87. The molecule has 0 spiro atoms. The number of hydrogen-bond acceptors (Lipinski definition) is 2. The minimum atomic E-state index is 0.332. The summed E-state index contributed by atoms with van der Waals surface area (Å²) in [5, 5.41) is 3.50. The van der Waals surface area contributed by atoms with Crippen LogP contribution in [0.4, 0.5) is 0 Å². The van der Waals surface area contributed by atoms with E-state index in [0.717, 1.165) is 25.3 Å². The van der Waals surface area contributed by atoms with E-state index in [1.54, 1.807) is 0 Å². The number of benzene rings is 1. The van der Waals surface area contributed by atoms with Crippen LogP contribution >= 0.6 is 0 Å². The number of rotatable bonds is 7. The molecule has 2 nitrogen and oxygen atoms in total. The summed E-state index contributed by atoms with van der Waals surface area (Å²) in [6, 6.07) is 8.36. The first-order chi connectivity index (χ1) is 8.40. The van der Waals surface area contributed by atoms with Gasteiger partial charge in [-0.15, -0.1) is 0 Å². The van der Waals surface area contributed by atoms with Crippen LogP contribution < -0.4 is 10.1 Å². The molecule has 1 aromatic carbocycles. The quantitative estimate of drug-likeness (QED) is 0.730. The lowest BCUT2D eigenvalue weighted by Crippen LogP contribution is -2.30. The Bertz CT molecular complexity index is 312. The summed E-state index contributed by atoms with van der Waals surface area (Å²) in [6.07, 6.45) is 6.67. The van der Waals surface area contributed by atoms with Crippen molar-refractivity contribution in [1.29, 1.82) is 0 Å². The molecule has 1 aromatic rings. The molecule has 94 valence electrons. The molecule has 1 N–H and O–H groups in total. The fraction of sp³-hybridized carbons (Fsp3) is 0.600. The van der Waals surface area contributed by atoms with E-state index in [0.29, 0.717) is 6.10 Å². The van der Waals surface area contributed by atoms with E-state index >= 15 is 0 Å². The average Bonchev–Trinajstić information content (AvgIpc) is 2.76. The Kier molecular flexibility index (Phi) is 4.87. The highest BCUT2D eigenvalue weighted by Crippen LogP contribution is 2.27. The molecule has 1 aliphatic rings. The number of nitrogens with one attached hydrogen (secondary N) is 1. The molecular formula is C15H23NO. The van der Waals surface area contributed by atoms with Crippen molar-refractivity contribution in [2.45, 2.75) is 45.1 Å². The zero-order valence-electron chi connectivity index (χ0n) is 10.7. The van der Waals surface area contributed by atoms with Crippen molar-refractivity contribution in [3.05, 3.63) is 29.8 Å². The molecule has 0 saturated heterocycles. The monoisotopic (exact) mass is 233 g/mol. The Morgan fingerprint density at radius 1 is 1.24 bits per heavy atom. The summed E-state index contributed by atoms with van der Waals surface area (Å²) in [5.41, 5.74) is 1.35. The van der Waals surface area contributed by atoms with Crippen LogP contribution in [0.3, 0.4) is 0 Å². The first-order valence-corrected chi connectivity index (χ1v) is 6.85.